The quantitative estimate of drug-likeness (QED) is 0.522. The van der Waals surface area contributed by atoms with Crippen LogP contribution in [0.1, 0.15) is 32.6 Å². The van der Waals surface area contributed by atoms with Gasteiger partial charge >= 0.3 is 5.82 Å². The average molecular weight is 352 g/mol. The van der Waals surface area contributed by atoms with Gasteiger partial charge in [0.05, 0.1) is 11.1 Å². The Bertz CT molecular complexity index is 829. The summed E-state index contributed by atoms with van der Waals surface area (Å²) in [5.41, 5.74) is 0.268. The number of hydrogen-bond donors (Lipinski definition) is 1. The SMILES string of the molecule is C[C@@H]1CCCC[C@H]1N=c1c([N+](=O)[O-])nn(-c2cccc(Cl)c2)n1O. The van der Waals surface area contributed by atoms with E-state index < -0.39 is 10.7 Å². The Kier molecular flexibility index (Phi) is 4.57. The van der Waals surface area contributed by atoms with Crippen molar-refractivity contribution in [2.24, 2.45) is 10.9 Å². The molecule has 0 aliphatic heterocycles. The highest BCUT2D eigenvalue weighted by Gasteiger charge is 2.27. The second-order valence-electron chi connectivity index (χ2n) is 6.02. The molecule has 0 unspecified atom stereocenters. The van der Waals surface area contributed by atoms with E-state index >= 15 is 0 Å². The van der Waals surface area contributed by atoms with Gasteiger partial charge < -0.3 is 15.3 Å². The van der Waals surface area contributed by atoms with Gasteiger partial charge in [-0.3, -0.25) is 4.99 Å². The molecule has 0 amide bonds. The van der Waals surface area contributed by atoms with E-state index in [1.165, 1.54) is 0 Å². The fourth-order valence-electron chi connectivity index (χ4n) is 3.00. The standard InChI is InChI=1S/C15H18ClN5O3/c1-10-5-2-3-8-13(10)17-14-15(21(23)24)18-19(20(14)22)12-7-4-6-11(16)9-12/h4,6-7,9-10,13,22H,2-3,5,8H2,1H3/t10-,13-/m1/s1. The van der Waals surface area contributed by atoms with Gasteiger partial charge in [-0.1, -0.05) is 42.3 Å². The normalized spacial score (nSPS) is 21.8. The van der Waals surface area contributed by atoms with Gasteiger partial charge in [0.1, 0.15) is 5.69 Å². The van der Waals surface area contributed by atoms with Crippen molar-refractivity contribution in [1.82, 2.24) is 14.7 Å². The number of hydrogen-bond acceptors (Lipinski definition) is 5. The molecule has 1 saturated carbocycles. The predicted octanol–water partition coefficient (Wildman–Crippen LogP) is 2.95. The van der Waals surface area contributed by atoms with E-state index in [4.69, 9.17) is 11.6 Å². The minimum absolute atomic E-state index is 0.0622. The summed E-state index contributed by atoms with van der Waals surface area (Å²) in [7, 11) is 0. The lowest BCUT2D eigenvalue weighted by molar-refractivity contribution is -0.391. The summed E-state index contributed by atoms with van der Waals surface area (Å²) in [6.07, 6.45) is 4.03. The highest BCUT2D eigenvalue weighted by molar-refractivity contribution is 6.30. The van der Waals surface area contributed by atoms with Crippen LogP contribution in [0.15, 0.2) is 29.3 Å². The average Bonchev–Trinajstić information content (AvgIpc) is 2.87. The maximum Gasteiger partial charge on any atom is 0.438 e. The van der Waals surface area contributed by atoms with Gasteiger partial charge in [0.2, 0.25) is 0 Å². The van der Waals surface area contributed by atoms with Gasteiger partial charge in [-0.05, 0) is 46.7 Å². The van der Waals surface area contributed by atoms with E-state index in [9.17, 15) is 15.3 Å². The summed E-state index contributed by atoms with van der Waals surface area (Å²) in [6, 6.07) is 6.47. The molecule has 1 aromatic carbocycles. The van der Waals surface area contributed by atoms with E-state index in [2.05, 4.69) is 17.0 Å². The van der Waals surface area contributed by atoms with Gasteiger partial charge in [-0.2, -0.15) is 0 Å². The lowest BCUT2D eigenvalue weighted by atomic mass is 9.86. The second kappa shape index (κ2) is 6.64. The molecule has 3 rings (SSSR count). The summed E-state index contributed by atoms with van der Waals surface area (Å²) < 4.78 is 0. The zero-order chi connectivity index (χ0) is 17.3. The van der Waals surface area contributed by atoms with E-state index in [0.717, 1.165) is 30.5 Å². The first-order valence-electron chi connectivity index (χ1n) is 7.83. The molecule has 128 valence electrons. The first-order chi connectivity index (χ1) is 11.5. The number of halogens is 1. The van der Waals surface area contributed by atoms with Gasteiger partial charge in [0.15, 0.2) is 0 Å². The Morgan fingerprint density at radius 2 is 2.17 bits per heavy atom. The number of nitrogens with zero attached hydrogens (tertiary/aromatic N) is 5. The highest BCUT2D eigenvalue weighted by Crippen LogP contribution is 2.26. The van der Waals surface area contributed by atoms with Crippen LogP contribution in [-0.2, 0) is 0 Å². The smallest absolute Gasteiger partial charge is 0.409 e. The van der Waals surface area contributed by atoms with Crippen molar-refractivity contribution in [3.05, 3.63) is 44.9 Å². The van der Waals surface area contributed by atoms with Crippen LogP contribution in [0.5, 0.6) is 0 Å². The molecular formula is C15H18ClN5O3. The number of nitro groups is 1. The molecule has 1 N–H and O–H groups in total. The molecule has 0 radical (unpaired) electrons. The molecule has 2 aromatic rings. The lowest BCUT2D eigenvalue weighted by Crippen LogP contribution is -2.28. The first kappa shape index (κ1) is 16.5. The molecule has 0 saturated heterocycles. The minimum Gasteiger partial charge on any atom is -0.409 e. The molecule has 2 atom stereocenters. The Balaban J connectivity index is 2.13. The van der Waals surface area contributed by atoms with Crippen LogP contribution in [0, 0.1) is 16.0 Å². The monoisotopic (exact) mass is 351 g/mol. The van der Waals surface area contributed by atoms with Crippen molar-refractivity contribution in [2.45, 2.75) is 38.6 Å². The van der Waals surface area contributed by atoms with Gasteiger partial charge in [0.25, 0.3) is 5.49 Å². The van der Waals surface area contributed by atoms with Crippen molar-refractivity contribution < 1.29 is 10.1 Å². The Morgan fingerprint density at radius 3 is 2.83 bits per heavy atom. The maximum absolute atomic E-state index is 11.3. The first-order valence-corrected chi connectivity index (χ1v) is 8.21. The molecule has 24 heavy (non-hydrogen) atoms. The van der Waals surface area contributed by atoms with Crippen molar-refractivity contribution in [3.63, 3.8) is 0 Å². The third-order valence-corrected chi connectivity index (χ3v) is 4.56. The molecule has 1 fully saturated rings. The summed E-state index contributed by atoms with van der Waals surface area (Å²) in [5.74, 6) is -0.164. The molecular weight excluding hydrogens is 334 g/mol. The zero-order valence-electron chi connectivity index (χ0n) is 13.2. The number of rotatable bonds is 3. The largest absolute Gasteiger partial charge is 0.438 e. The van der Waals surface area contributed by atoms with Gasteiger partial charge in [0, 0.05) is 5.02 Å². The Morgan fingerprint density at radius 1 is 1.42 bits per heavy atom. The van der Waals surface area contributed by atoms with Crippen LogP contribution >= 0.6 is 11.6 Å². The van der Waals surface area contributed by atoms with E-state index in [1.54, 1.807) is 24.3 Å². The van der Waals surface area contributed by atoms with E-state index in [1.807, 2.05) is 0 Å². The van der Waals surface area contributed by atoms with Crippen molar-refractivity contribution in [3.8, 4) is 5.69 Å². The Hall–Kier alpha value is -2.35. The van der Waals surface area contributed by atoms with Crippen LogP contribution in [0.4, 0.5) is 5.82 Å². The Labute approximate surface area is 143 Å². The number of aromatic nitrogens is 3. The van der Waals surface area contributed by atoms with Crippen LogP contribution in [0.3, 0.4) is 0 Å². The van der Waals surface area contributed by atoms with E-state index in [-0.39, 0.29) is 11.5 Å². The van der Waals surface area contributed by atoms with Crippen LogP contribution in [0.25, 0.3) is 5.69 Å². The van der Waals surface area contributed by atoms with Crippen LogP contribution in [-0.4, -0.2) is 30.9 Å². The van der Waals surface area contributed by atoms with Crippen molar-refractivity contribution in [2.75, 3.05) is 0 Å². The number of benzene rings is 1. The summed E-state index contributed by atoms with van der Waals surface area (Å²) in [6.45, 7) is 2.07. The van der Waals surface area contributed by atoms with Crippen molar-refractivity contribution in [1.29, 1.82) is 0 Å². The molecule has 1 aromatic heterocycles. The molecule has 1 aliphatic rings. The summed E-state index contributed by atoms with van der Waals surface area (Å²) in [4.78, 5) is 16.8. The predicted molar refractivity (Wildman–Crippen MR) is 87.4 cm³/mol. The highest BCUT2D eigenvalue weighted by atomic mass is 35.5. The fourth-order valence-corrected chi connectivity index (χ4v) is 3.18. The third-order valence-electron chi connectivity index (χ3n) is 4.32. The molecule has 0 bridgehead atoms. The van der Waals surface area contributed by atoms with Crippen molar-refractivity contribution >= 4 is 17.4 Å². The molecule has 9 heteroatoms. The summed E-state index contributed by atoms with van der Waals surface area (Å²) in [5, 5.41) is 26.0. The van der Waals surface area contributed by atoms with Crippen LogP contribution in [0.2, 0.25) is 5.02 Å². The maximum atomic E-state index is 11.3. The van der Waals surface area contributed by atoms with Crippen LogP contribution < -0.4 is 5.49 Å². The summed E-state index contributed by atoms with van der Waals surface area (Å²) >= 11 is 5.94. The van der Waals surface area contributed by atoms with E-state index in [0.29, 0.717) is 21.5 Å². The second-order valence-corrected chi connectivity index (χ2v) is 6.46. The minimum atomic E-state index is -0.639. The molecule has 1 heterocycles. The zero-order valence-corrected chi connectivity index (χ0v) is 13.9. The molecule has 8 nitrogen and oxygen atoms in total. The fraction of sp³-hybridized carbons (Fsp3) is 0.467. The third kappa shape index (κ3) is 3.14. The van der Waals surface area contributed by atoms with Gasteiger partial charge in [-0.15, -0.1) is 0 Å². The topological polar surface area (TPSA) is 98.5 Å². The van der Waals surface area contributed by atoms with Gasteiger partial charge in [-0.25, -0.2) is 0 Å². The molecule has 0 spiro atoms. The molecule has 1 aliphatic carbocycles. The lowest BCUT2D eigenvalue weighted by Gasteiger charge is -2.24.